The van der Waals surface area contributed by atoms with Gasteiger partial charge in [-0.1, -0.05) is 30.3 Å². The Labute approximate surface area is 141 Å². The zero-order chi connectivity index (χ0) is 16.8. The summed E-state index contributed by atoms with van der Waals surface area (Å²) in [5.41, 5.74) is 1.76. The lowest BCUT2D eigenvalue weighted by Crippen LogP contribution is -2.40. The summed E-state index contributed by atoms with van der Waals surface area (Å²) in [6.45, 7) is 0.238. The highest BCUT2D eigenvalue weighted by atomic mass is 16.3. The molecule has 3 rings (SSSR count). The first-order valence-corrected chi connectivity index (χ1v) is 8.32. The van der Waals surface area contributed by atoms with Crippen LogP contribution in [-0.2, 0) is 0 Å². The third kappa shape index (κ3) is 4.29. The van der Waals surface area contributed by atoms with E-state index in [2.05, 4.69) is 20.8 Å². The molecule has 24 heavy (non-hydrogen) atoms. The Morgan fingerprint density at radius 2 is 1.79 bits per heavy atom. The summed E-state index contributed by atoms with van der Waals surface area (Å²) in [6.07, 6.45) is 3.70. The number of nitrogens with one attached hydrogen (secondary N) is 2. The molecule has 0 saturated heterocycles. The predicted octanol–water partition coefficient (Wildman–Crippen LogP) is 2.82. The fourth-order valence-corrected chi connectivity index (χ4v) is 2.99. The van der Waals surface area contributed by atoms with Crippen molar-refractivity contribution in [3.05, 3.63) is 42.5 Å². The van der Waals surface area contributed by atoms with Crippen LogP contribution in [0.4, 0.5) is 10.6 Å². The van der Waals surface area contributed by atoms with Crippen LogP contribution in [0, 0.1) is 5.92 Å². The fourth-order valence-electron chi connectivity index (χ4n) is 2.99. The molecule has 0 radical (unpaired) electrons. The number of nitrogens with zero attached hydrogens (tertiary/aromatic N) is 2. The van der Waals surface area contributed by atoms with Crippen molar-refractivity contribution in [2.75, 3.05) is 11.9 Å². The first-order valence-electron chi connectivity index (χ1n) is 8.32. The third-order valence-corrected chi connectivity index (χ3v) is 4.42. The van der Waals surface area contributed by atoms with Gasteiger partial charge in [-0.25, -0.2) is 4.79 Å². The van der Waals surface area contributed by atoms with Crippen LogP contribution >= 0.6 is 0 Å². The SMILES string of the molecule is O=C(Nc1ccc(-c2ccccc2)nn1)NC1CCC(CO)CC1. The third-order valence-electron chi connectivity index (χ3n) is 4.42. The zero-order valence-corrected chi connectivity index (χ0v) is 13.5. The number of aliphatic hydroxyl groups is 1. The van der Waals surface area contributed by atoms with Gasteiger partial charge in [-0.2, -0.15) is 0 Å². The van der Waals surface area contributed by atoms with Gasteiger partial charge in [0.2, 0.25) is 0 Å². The molecule has 1 heterocycles. The van der Waals surface area contributed by atoms with Gasteiger partial charge >= 0.3 is 6.03 Å². The molecule has 1 aliphatic rings. The van der Waals surface area contributed by atoms with E-state index in [4.69, 9.17) is 5.11 Å². The maximum atomic E-state index is 12.0. The van der Waals surface area contributed by atoms with Crippen molar-refractivity contribution in [1.29, 1.82) is 0 Å². The van der Waals surface area contributed by atoms with Crippen LogP contribution < -0.4 is 10.6 Å². The molecule has 0 bridgehead atoms. The monoisotopic (exact) mass is 326 g/mol. The van der Waals surface area contributed by atoms with Gasteiger partial charge in [-0.05, 0) is 43.7 Å². The summed E-state index contributed by atoms with van der Waals surface area (Å²) in [6, 6.07) is 13.3. The lowest BCUT2D eigenvalue weighted by Gasteiger charge is -2.27. The number of aromatic nitrogens is 2. The molecule has 1 aliphatic carbocycles. The summed E-state index contributed by atoms with van der Waals surface area (Å²) >= 11 is 0. The second-order valence-electron chi connectivity index (χ2n) is 6.17. The van der Waals surface area contributed by atoms with Crippen LogP contribution in [0.1, 0.15) is 25.7 Å². The molecule has 3 N–H and O–H groups in total. The summed E-state index contributed by atoms with van der Waals surface area (Å²) in [5.74, 6) is 0.804. The first kappa shape index (κ1) is 16.4. The fraction of sp³-hybridized carbons (Fsp3) is 0.389. The molecule has 0 spiro atoms. The smallest absolute Gasteiger partial charge is 0.320 e. The van der Waals surface area contributed by atoms with E-state index >= 15 is 0 Å². The second-order valence-corrected chi connectivity index (χ2v) is 6.17. The highest BCUT2D eigenvalue weighted by Gasteiger charge is 2.21. The quantitative estimate of drug-likeness (QED) is 0.806. The summed E-state index contributed by atoms with van der Waals surface area (Å²) in [7, 11) is 0. The Morgan fingerprint density at radius 3 is 2.42 bits per heavy atom. The summed E-state index contributed by atoms with van der Waals surface area (Å²) in [4.78, 5) is 12.0. The molecule has 2 amide bonds. The molecule has 1 fully saturated rings. The van der Waals surface area contributed by atoms with E-state index in [-0.39, 0.29) is 18.7 Å². The van der Waals surface area contributed by atoms with Crippen LogP contribution in [0.15, 0.2) is 42.5 Å². The van der Waals surface area contributed by atoms with E-state index in [9.17, 15) is 4.79 Å². The number of rotatable bonds is 4. The molecule has 6 nitrogen and oxygen atoms in total. The number of anilines is 1. The van der Waals surface area contributed by atoms with Crippen molar-refractivity contribution in [2.45, 2.75) is 31.7 Å². The highest BCUT2D eigenvalue weighted by Crippen LogP contribution is 2.23. The van der Waals surface area contributed by atoms with Gasteiger partial charge in [-0.15, -0.1) is 10.2 Å². The minimum Gasteiger partial charge on any atom is -0.396 e. The van der Waals surface area contributed by atoms with Crippen LogP contribution in [0.2, 0.25) is 0 Å². The minimum absolute atomic E-state index is 0.157. The van der Waals surface area contributed by atoms with Gasteiger partial charge in [-0.3, -0.25) is 5.32 Å². The van der Waals surface area contributed by atoms with Crippen molar-refractivity contribution in [3.63, 3.8) is 0 Å². The van der Waals surface area contributed by atoms with Crippen LogP contribution in [0.3, 0.4) is 0 Å². The summed E-state index contributed by atoms with van der Waals surface area (Å²) < 4.78 is 0. The van der Waals surface area contributed by atoms with Crippen LogP contribution in [-0.4, -0.2) is 34.0 Å². The molecule has 126 valence electrons. The first-order chi connectivity index (χ1) is 11.7. The Morgan fingerprint density at radius 1 is 1.04 bits per heavy atom. The average molecular weight is 326 g/mol. The van der Waals surface area contributed by atoms with Crippen molar-refractivity contribution in [2.24, 2.45) is 5.92 Å². The lowest BCUT2D eigenvalue weighted by molar-refractivity contribution is 0.176. The molecular formula is C18H22N4O2. The molecule has 1 saturated carbocycles. The Kier molecular flexibility index (Phi) is 5.38. The molecular weight excluding hydrogens is 304 g/mol. The lowest BCUT2D eigenvalue weighted by atomic mass is 9.87. The average Bonchev–Trinajstić information content (AvgIpc) is 2.64. The van der Waals surface area contributed by atoms with E-state index in [1.54, 1.807) is 6.07 Å². The van der Waals surface area contributed by atoms with Crippen LogP contribution in [0.5, 0.6) is 0 Å². The van der Waals surface area contributed by atoms with Crippen molar-refractivity contribution >= 4 is 11.8 Å². The maximum absolute atomic E-state index is 12.0. The molecule has 0 aliphatic heterocycles. The number of amides is 2. The normalized spacial score (nSPS) is 20.4. The topological polar surface area (TPSA) is 87.1 Å². The molecule has 2 aromatic rings. The molecule has 1 aromatic heterocycles. The second kappa shape index (κ2) is 7.88. The standard InChI is InChI=1S/C18H22N4O2/c23-12-13-6-8-15(9-7-13)19-18(24)20-17-11-10-16(21-22-17)14-4-2-1-3-5-14/h1-5,10-11,13,15,23H,6-9,12H2,(H2,19,20,22,24). The van der Waals surface area contributed by atoms with E-state index < -0.39 is 0 Å². The Hall–Kier alpha value is -2.47. The summed E-state index contributed by atoms with van der Waals surface area (Å²) in [5, 5.41) is 23.0. The number of hydrogen-bond acceptors (Lipinski definition) is 4. The predicted molar refractivity (Wildman–Crippen MR) is 92.5 cm³/mol. The van der Waals surface area contributed by atoms with Crippen molar-refractivity contribution in [1.82, 2.24) is 15.5 Å². The van der Waals surface area contributed by atoms with E-state index in [0.29, 0.717) is 11.7 Å². The Balaban J connectivity index is 1.52. The van der Waals surface area contributed by atoms with Gasteiger partial charge < -0.3 is 10.4 Å². The zero-order valence-electron chi connectivity index (χ0n) is 13.5. The van der Waals surface area contributed by atoms with Gasteiger partial charge in [0.15, 0.2) is 5.82 Å². The molecule has 0 unspecified atom stereocenters. The number of urea groups is 1. The minimum atomic E-state index is -0.260. The van der Waals surface area contributed by atoms with Crippen molar-refractivity contribution < 1.29 is 9.90 Å². The highest BCUT2D eigenvalue weighted by molar-refractivity contribution is 5.88. The molecule has 6 heteroatoms. The van der Waals surface area contributed by atoms with E-state index in [1.807, 2.05) is 36.4 Å². The molecule has 0 atom stereocenters. The maximum Gasteiger partial charge on any atom is 0.320 e. The van der Waals surface area contributed by atoms with Crippen molar-refractivity contribution in [3.8, 4) is 11.3 Å². The van der Waals surface area contributed by atoms with Gasteiger partial charge in [0, 0.05) is 18.2 Å². The number of benzene rings is 1. The number of hydrogen-bond donors (Lipinski definition) is 3. The van der Waals surface area contributed by atoms with E-state index in [0.717, 1.165) is 36.9 Å². The molecule has 1 aromatic carbocycles. The van der Waals surface area contributed by atoms with E-state index in [1.165, 1.54) is 0 Å². The van der Waals surface area contributed by atoms with Gasteiger partial charge in [0.1, 0.15) is 0 Å². The number of carbonyl (C=O) groups excluding carboxylic acids is 1. The number of carbonyl (C=O) groups is 1. The van der Waals surface area contributed by atoms with Crippen LogP contribution in [0.25, 0.3) is 11.3 Å². The number of aliphatic hydroxyl groups excluding tert-OH is 1. The van der Waals surface area contributed by atoms with Gasteiger partial charge in [0.25, 0.3) is 0 Å². The van der Waals surface area contributed by atoms with Gasteiger partial charge in [0.05, 0.1) is 5.69 Å². The Bertz CT molecular complexity index is 652. The largest absolute Gasteiger partial charge is 0.396 e.